The van der Waals surface area contributed by atoms with Crippen LogP contribution < -0.4 is 0 Å². The maximum atomic E-state index is 11.5. The molecule has 0 spiro atoms. The summed E-state index contributed by atoms with van der Waals surface area (Å²) in [4.78, 5) is 15.9. The number of nitrogens with zero attached hydrogens (tertiary/aromatic N) is 1. The number of epoxide rings is 1. The van der Waals surface area contributed by atoms with Crippen LogP contribution in [0.3, 0.4) is 0 Å². The fraction of sp³-hybridized carbons (Fsp3) is 0.429. The average molecular weight is 263 g/mol. The smallest absolute Gasteiger partial charge is 0.338 e. The van der Waals surface area contributed by atoms with Gasteiger partial charge in [-0.05, 0) is 26.0 Å². The number of aliphatic imine (C=N–C) groups is 1. The summed E-state index contributed by atoms with van der Waals surface area (Å²) < 4.78 is 15.6. The first-order valence-corrected chi connectivity index (χ1v) is 6.34. The molecule has 1 saturated heterocycles. The lowest BCUT2D eigenvalue weighted by molar-refractivity contribution is -0.144. The molecule has 2 rings (SSSR count). The van der Waals surface area contributed by atoms with E-state index in [4.69, 9.17) is 14.2 Å². The minimum Gasteiger partial charge on any atom is -0.479 e. The predicted octanol–water partition coefficient (Wildman–Crippen LogP) is 2.08. The number of para-hydroxylation sites is 1. The molecule has 1 heterocycles. The number of hydrogen-bond donors (Lipinski definition) is 0. The number of esters is 1. The number of hydrogen-bond acceptors (Lipinski definition) is 5. The van der Waals surface area contributed by atoms with Crippen molar-refractivity contribution < 1.29 is 19.0 Å². The zero-order chi connectivity index (χ0) is 13.7. The molecule has 19 heavy (non-hydrogen) atoms. The van der Waals surface area contributed by atoms with Crippen LogP contribution in [0.15, 0.2) is 35.3 Å². The Bertz CT molecular complexity index is 458. The molecule has 2 unspecified atom stereocenters. The maximum absolute atomic E-state index is 11.5. The molecule has 1 aromatic rings. The zero-order valence-electron chi connectivity index (χ0n) is 11.0. The van der Waals surface area contributed by atoms with E-state index in [2.05, 4.69) is 4.99 Å². The standard InChI is InChI=1S/C14H17NO4/c1-3-17-13(15-10-8-6-5-7-9-10)11-12(19-11)14(16)18-4-2/h5-9,11-12H,3-4H2,1-2H3. The van der Waals surface area contributed by atoms with E-state index < -0.39 is 12.2 Å². The van der Waals surface area contributed by atoms with Crippen molar-refractivity contribution in [1.29, 1.82) is 0 Å². The van der Waals surface area contributed by atoms with Crippen LogP contribution in [-0.4, -0.2) is 37.3 Å². The van der Waals surface area contributed by atoms with Crippen molar-refractivity contribution in [1.82, 2.24) is 0 Å². The summed E-state index contributed by atoms with van der Waals surface area (Å²) in [5.41, 5.74) is 0.768. The summed E-state index contributed by atoms with van der Waals surface area (Å²) in [7, 11) is 0. The van der Waals surface area contributed by atoms with Crippen LogP contribution in [0.5, 0.6) is 0 Å². The molecule has 1 aliphatic heterocycles. The summed E-state index contributed by atoms with van der Waals surface area (Å²) >= 11 is 0. The monoisotopic (exact) mass is 263 g/mol. The number of carbonyl (C=O) groups excluding carboxylic acids is 1. The number of carbonyl (C=O) groups is 1. The van der Waals surface area contributed by atoms with Crippen LogP contribution in [0.4, 0.5) is 5.69 Å². The Labute approximate surface area is 112 Å². The molecule has 5 nitrogen and oxygen atoms in total. The molecule has 0 radical (unpaired) electrons. The minimum absolute atomic E-state index is 0.339. The van der Waals surface area contributed by atoms with Crippen molar-refractivity contribution >= 4 is 17.6 Å². The molecule has 0 N–H and O–H groups in total. The second kappa shape index (κ2) is 6.33. The molecule has 1 fully saturated rings. The van der Waals surface area contributed by atoms with Crippen LogP contribution in [0.2, 0.25) is 0 Å². The lowest BCUT2D eigenvalue weighted by Gasteiger charge is -2.04. The first-order valence-electron chi connectivity index (χ1n) is 6.34. The Morgan fingerprint density at radius 3 is 2.47 bits per heavy atom. The SMILES string of the molecule is CCOC(=O)C1OC1C(=Nc1ccccc1)OCC. The van der Waals surface area contributed by atoms with Gasteiger partial charge in [0.05, 0.1) is 18.9 Å². The highest BCUT2D eigenvalue weighted by molar-refractivity contribution is 5.94. The van der Waals surface area contributed by atoms with E-state index in [1.807, 2.05) is 37.3 Å². The molecule has 0 saturated carbocycles. The van der Waals surface area contributed by atoms with E-state index in [1.165, 1.54) is 0 Å². The van der Waals surface area contributed by atoms with Gasteiger partial charge >= 0.3 is 5.97 Å². The van der Waals surface area contributed by atoms with Gasteiger partial charge in [0.2, 0.25) is 5.90 Å². The number of rotatable bonds is 5. The van der Waals surface area contributed by atoms with Gasteiger partial charge in [0, 0.05) is 0 Å². The number of ether oxygens (including phenoxy) is 3. The third-order valence-electron chi connectivity index (χ3n) is 2.54. The first-order chi connectivity index (χ1) is 9.26. The predicted molar refractivity (Wildman–Crippen MR) is 70.5 cm³/mol. The lowest BCUT2D eigenvalue weighted by Crippen LogP contribution is -2.20. The topological polar surface area (TPSA) is 60.4 Å². The van der Waals surface area contributed by atoms with Crippen LogP contribution in [0.1, 0.15) is 13.8 Å². The van der Waals surface area contributed by atoms with E-state index in [0.717, 1.165) is 5.69 Å². The van der Waals surface area contributed by atoms with Gasteiger partial charge < -0.3 is 14.2 Å². The molecule has 0 amide bonds. The van der Waals surface area contributed by atoms with Gasteiger partial charge in [0.1, 0.15) is 0 Å². The van der Waals surface area contributed by atoms with Crippen molar-refractivity contribution in [2.45, 2.75) is 26.1 Å². The Morgan fingerprint density at radius 2 is 1.84 bits per heavy atom. The third-order valence-corrected chi connectivity index (χ3v) is 2.54. The van der Waals surface area contributed by atoms with E-state index in [1.54, 1.807) is 6.92 Å². The van der Waals surface area contributed by atoms with Crippen molar-refractivity contribution in [3.63, 3.8) is 0 Å². The summed E-state index contributed by atoms with van der Waals surface area (Å²) in [6.45, 7) is 4.44. The Balaban J connectivity index is 2.06. The number of benzene rings is 1. The molecule has 5 heteroatoms. The molecule has 1 aromatic carbocycles. The Hall–Kier alpha value is -1.88. The zero-order valence-corrected chi connectivity index (χ0v) is 11.0. The normalized spacial score (nSPS) is 21.9. The van der Waals surface area contributed by atoms with Gasteiger partial charge in [-0.25, -0.2) is 9.79 Å². The van der Waals surface area contributed by atoms with Crippen molar-refractivity contribution in [3.8, 4) is 0 Å². The molecule has 2 atom stereocenters. The molecular weight excluding hydrogens is 246 g/mol. The van der Waals surface area contributed by atoms with Crippen molar-refractivity contribution in [3.05, 3.63) is 30.3 Å². The van der Waals surface area contributed by atoms with Crippen LogP contribution in [-0.2, 0) is 19.0 Å². The summed E-state index contributed by atoms with van der Waals surface area (Å²) in [5.74, 6) is 0.0553. The van der Waals surface area contributed by atoms with E-state index in [0.29, 0.717) is 19.1 Å². The highest BCUT2D eigenvalue weighted by Crippen LogP contribution is 2.27. The molecule has 0 aliphatic carbocycles. The van der Waals surface area contributed by atoms with Gasteiger partial charge in [-0.2, -0.15) is 0 Å². The molecule has 102 valence electrons. The average Bonchev–Trinajstić information content (AvgIpc) is 3.20. The first kappa shape index (κ1) is 13.5. The minimum atomic E-state index is -0.589. The molecule has 1 aliphatic rings. The maximum Gasteiger partial charge on any atom is 0.338 e. The second-order valence-electron chi connectivity index (χ2n) is 3.95. The van der Waals surface area contributed by atoms with Gasteiger partial charge in [0.15, 0.2) is 12.2 Å². The summed E-state index contributed by atoms with van der Waals surface area (Å²) in [6.07, 6.45) is -1.02. The van der Waals surface area contributed by atoms with E-state index in [-0.39, 0.29) is 5.97 Å². The second-order valence-corrected chi connectivity index (χ2v) is 3.95. The third kappa shape index (κ3) is 3.54. The summed E-state index contributed by atoms with van der Waals surface area (Å²) in [5, 5.41) is 0. The Kier molecular flexibility index (Phi) is 4.52. The molecule has 0 bridgehead atoms. The van der Waals surface area contributed by atoms with E-state index >= 15 is 0 Å². The van der Waals surface area contributed by atoms with E-state index in [9.17, 15) is 4.79 Å². The van der Waals surface area contributed by atoms with Gasteiger partial charge in [-0.3, -0.25) is 0 Å². The van der Waals surface area contributed by atoms with Crippen molar-refractivity contribution in [2.24, 2.45) is 4.99 Å². The fourth-order valence-electron chi connectivity index (χ4n) is 1.66. The van der Waals surface area contributed by atoms with Crippen molar-refractivity contribution in [2.75, 3.05) is 13.2 Å². The highest BCUT2D eigenvalue weighted by Gasteiger charge is 2.51. The molecular formula is C14H17NO4. The highest BCUT2D eigenvalue weighted by atomic mass is 16.7. The quantitative estimate of drug-likeness (QED) is 0.353. The molecule has 0 aromatic heterocycles. The van der Waals surface area contributed by atoms with Crippen LogP contribution in [0, 0.1) is 0 Å². The van der Waals surface area contributed by atoms with Crippen LogP contribution in [0.25, 0.3) is 0 Å². The lowest BCUT2D eigenvalue weighted by atomic mass is 10.3. The van der Waals surface area contributed by atoms with Crippen LogP contribution >= 0.6 is 0 Å². The largest absolute Gasteiger partial charge is 0.479 e. The Morgan fingerprint density at radius 1 is 1.16 bits per heavy atom. The summed E-state index contributed by atoms with van der Waals surface area (Å²) in [6, 6.07) is 9.41. The van der Waals surface area contributed by atoms with Gasteiger partial charge in [0.25, 0.3) is 0 Å². The van der Waals surface area contributed by atoms with Gasteiger partial charge in [-0.1, -0.05) is 18.2 Å². The fourth-order valence-corrected chi connectivity index (χ4v) is 1.66. The van der Waals surface area contributed by atoms with Gasteiger partial charge in [-0.15, -0.1) is 0 Å².